The maximum atomic E-state index is 12.8. The number of benzene rings is 2. The van der Waals surface area contributed by atoms with Gasteiger partial charge in [0.1, 0.15) is 0 Å². The monoisotopic (exact) mass is 448 g/mol. The van der Waals surface area contributed by atoms with Crippen LogP contribution in [-0.4, -0.2) is 38.4 Å². The van der Waals surface area contributed by atoms with Gasteiger partial charge in [-0.2, -0.15) is 4.99 Å². The van der Waals surface area contributed by atoms with E-state index in [4.69, 9.17) is 9.47 Å². The largest absolute Gasteiger partial charge is 0.493 e. The van der Waals surface area contributed by atoms with Crippen LogP contribution in [0, 0.1) is 0 Å². The predicted octanol–water partition coefficient (Wildman–Crippen LogP) is 3.66. The molecule has 3 aromatic rings. The number of carbonyl (C=O) groups excluding carboxylic acids is 1. The molecule has 1 amide bonds. The summed E-state index contributed by atoms with van der Waals surface area (Å²) in [7, 11) is -0.342. The fourth-order valence-electron chi connectivity index (χ4n) is 3.02. The maximum absolute atomic E-state index is 12.8. The average Bonchev–Trinajstić information content (AvgIpc) is 3.08. The minimum Gasteiger partial charge on any atom is -0.493 e. The molecule has 0 saturated carbocycles. The van der Waals surface area contributed by atoms with E-state index in [0.29, 0.717) is 22.8 Å². The average molecular weight is 449 g/mol. The summed E-state index contributed by atoms with van der Waals surface area (Å²) in [5.74, 6) is 0.692. The van der Waals surface area contributed by atoms with Gasteiger partial charge in [-0.25, -0.2) is 8.42 Å². The summed E-state index contributed by atoms with van der Waals surface area (Å²) in [6.07, 6.45) is 0. The SMILES string of the molecule is CCn1c(=NC(=O)c2cccc(S(=O)(=O)C(C)C)c2)sc2cc(OC)c(OC)cc21. The number of methoxy groups -OCH3 is 2. The van der Waals surface area contributed by atoms with Gasteiger partial charge in [-0.1, -0.05) is 17.4 Å². The van der Waals surface area contributed by atoms with E-state index in [1.807, 2.05) is 23.6 Å². The maximum Gasteiger partial charge on any atom is 0.279 e. The Hall–Kier alpha value is -2.65. The number of amides is 1. The van der Waals surface area contributed by atoms with Crippen molar-refractivity contribution < 1.29 is 22.7 Å². The van der Waals surface area contributed by atoms with E-state index in [-0.39, 0.29) is 10.5 Å². The van der Waals surface area contributed by atoms with E-state index >= 15 is 0 Å². The van der Waals surface area contributed by atoms with Gasteiger partial charge in [-0.05, 0) is 39.0 Å². The Bertz CT molecular complexity index is 1270. The van der Waals surface area contributed by atoms with Crippen molar-refractivity contribution in [1.82, 2.24) is 4.57 Å². The highest BCUT2D eigenvalue weighted by atomic mass is 32.2. The summed E-state index contributed by atoms with van der Waals surface area (Å²) in [6, 6.07) is 9.72. The number of aromatic nitrogens is 1. The van der Waals surface area contributed by atoms with E-state index in [9.17, 15) is 13.2 Å². The number of sulfone groups is 1. The highest BCUT2D eigenvalue weighted by molar-refractivity contribution is 7.92. The first-order valence-electron chi connectivity index (χ1n) is 9.41. The number of carbonyl (C=O) groups is 1. The van der Waals surface area contributed by atoms with Crippen LogP contribution >= 0.6 is 11.3 Å². The molecule has 0 aliphatic rings. The molecule has 0 saturated heterocycles. The zero-order chi connectivity index (χ0) is 22.1. The van der Waals surface area contributed by atoms with E-state index in [1.54, 1.807) is 40.2 Å². The van der Waals surface area contributed by atoms with Crippen LogP contribution in [0.3, 0.4) is 0 Å². The summed E-state index contributed by atoms with van der Waals surface area (Å²) in [5.41, 5.74) is 1.11. The summed E-state index contributed by atoms with van der Waals surface area (Å²) in [6.45, 7) is 5.78. The highest BCUT2D eigenvalue weighted by Crippen LogP contribution is 2.33. The Labute approximate surface area is 179 Å². The number of hydrogen-bond donors (Lipinski definition) is 0. The van der Waals surface area contributed by atoms with E-state index in [1.165, 1.54) is 23.5 Å². The second-order valence-electron chi connectivity index (χ2n) is 6.84. The molecule has 0 spiro atoms. The molecule has 3 rings (SSSR count). The molecule has 0 unspecified atom stereocenters. The molecule has 2 aromatic carbocycles. The normalized spacial score (nSPS) is 12.5. The molecule has 0 N–H and O–H groups in total. The molecular formula is C21H24N2O5S2. The van der Waals surface area contributed by atoms with Gasteiger partial charge in [0.05, 0.1) is 34.6 Å². The fourth-order valence-corrected chi connectivity index (χ4v) is 5.22. The van der Waals surface area contributed by atoms with Crippen LogP contribution in [-0.2, 0) is 16.4 Å². The van der Waals surface area contributed by atoms with Gasteiger partial charge in [0.15, 0.2) is 26.1 Å². The quantitative estimate of drug-likeness (QED) is 0.574. The summed E-state index contributed by atoms with van der Waals surface area (Å²) < 4.78 is 38.4. The highest BCUT2D eigenvalue weighted by Gasteiger charge is 2.20. The minimum atomic E-state index is -3.48. The van der Waals surface area contributed by atoms with Crippen LogP contribution < -0.4 is 14.3 Å². The van der Waals surface area contributed by atoms with Gasteiger partial charge in [-0.15, -0.1) is 0 Å². The van der Waals surface area contributed by atoms with Crippen LogP contribution in [0.4, 0.5) is 0 Å². The van der Waals surface area contributed by atoms with E-state index < -0.39 is 21.0 Å². The third-order valence-electron chi connectivity index (χ3n) is 4.73. The number of ether oxygens (including phenoxy) is 2. The van der Waals surface area contributed by atoms with Crippen molar-refractivity contribution in [3.63, 3.8) is 0 Å². The lowest BCUT2D eigenvalue weighted by molar-refractivity contribution is 0.0997. The smallest absolute Gasteiger partial charge is 0.279 e. The number of nitrogens with zero attached hydrogens (tertiary/aromatic N) is 2. The van der Waals surface area contributed by atoms with Crippen molar-refractivity contribution in [2.24, 2.45) is 4.99 Å². The lowest BCUT2D eigenvalue weighted by Gasteiger charge is -2.08. The molecule has 0 bridgehead atoms. The van der Waals surface area contributed by atoms with Crippen molar-refractivity contribution >= 4 is 37.3 Å². The third-order valence-corrected chi connectivity index (χ3v) is 7.92. The number of fused-ring (bicyclic) bond motifs is 1. The molecule has 9 heteroatoms. The lowest BCUT2D eigenvalue weighted by atomic mass is 10.2. The van der Waals surface area contributed by atoms with Gasteiger partial charge in [0, 0.05) is 24.2 Å². The van der Waals surface area contributed by atoms with Crippen molar-refractivity contribution in [3.05, 3.63) is 46.8 Å². The molecule has 0 fully saturated rings. The minimum absolute atomic E-state index is 0.118. The van der Waals surface area contributed by atoms with Crippen LogP contribution in [0.1, 0.15) is 31.1 Å². The first-order valence-corrected chi connectivity index (χ1v) is 11.8. The van der Waals surface area contributed by atoms with Gasteiger partial charge >= 0.3 is 0 Å². The van der Waals surface area contributed by atoms with Crippen molar-refractivity contribution in [1.29, 1.82) is 0 Å². The number of rotatable bonds is 6. The Morgan fingerprint density at radius 3 is 2.40 bits per heavy atom. The Balaban J connectivity index is 2.12. The second-order valence-corrected chi connectivity index (χ2v) is 10.4. The van der Waals surface area contributed by atoms with E-state index in [0.717, 1.165) is 10.2 Å². The molecule has 1 heterocycles. The summed E-state index contributed by atoms with van der Waals surface area (Å²) >= 11 is 1.36. The second kappa shape index (κ2) is 8.61. The van der Waals surface area contributed by atoms with Gasteiger partial charge in [0.2, 0.25) is 0 Å². The predicted molar refractivity (Wildman–Crippen MR) is 117 cm³/mol. The molecule has 160 valence electrons. The first kappa shape index (κ1) is 22.0. The molecule has 30 heavy (non-hydrogen) atoms. The first-order chi connectivity index (χ1) is 14.2. The number of thiazole rings is 1. The number of aryl methyl sites for hydroxylation is 1. The van der Waals surface area contributed by atoms with Crippen molar-refractivity contribution in [2.45, 2.75) is 37.5 Å². The van der Waals surface area contributed by atoms with Crippen LogP contribution in [0.25, 0.3) is 10.2 Å². The van der Waals surface area contributed by atoms with Crippen LogP contribution in [0.2, 0.25) is 0 Å². The molecular weight excluding hydrogens is 424 g/mol. The fraction of sp³-hybridized carbons (Fsp3) is 0.333. The van der Waals surface area contributed by atoms with Crippen molar-refractivity contribution in [3.8, 4) is 11.5 Å². The third kappa shape index (κ3) is 3.99. The van der Waals surface area contributed by atoms with Gasteiger partial charge in [0.25, 0.3) is 5.91 Å². The zero-order valence-electron chi connectivity index (χ0n) is 17.5. The van der Waals surface area contributed by atoms with Crippen molar-refractivity contribution in [2.75, 3.05) is 14.2 Å². The Morgan fingerprint density at radius 1 is 1.13 bits per heavy atom. The van der Waals surface area contributed by atoms with E-state index in [2.05, 4.69) is 4.99 Å². The Morgan fingerprint density at radius 2 is 1.80 bits per heavy atom. The van der Waals surface area contributed by atoms with Gasteiger partial charge in [-0.3, -0.25) is 4.79 Å². The van der Waals surface area contributed by atoms with Crippen LogP contribution in [0.15, 0.2) is 46.3 Å². The summed E-state index contributed by atoms with van der Waals surface area (Å²) in [4.78, 5) is 17.8. The molecule has 0 aliphatic carbocycles. The molecule has 7 nitrogen and oxygen atoms in total. The molecule has 0 radical (unpaired) electrons. The molecule has 0 aliphatic heterocycles. The Kier molecular flexibility index (Phi) is 6.33. The number of hydrogen-bond acceptors (Lipinski definition) is 6. The van der Waals surface area contributed by atoms with Crippen LogP contribution in [0.5, 0.6) is 11.5 Å². The van der Waals surface area contributed by atoms with Gasteiger partial charge < -0.3 is 14.0 Å². The lowest BCUT2D eigenvalue weighted by Crippen LogP contribution is -2.17. The standard InChI is InChI=1S/C21H24N2O5S2/c1-6-23-16-11-17(27-4)18(28-5)12-19(16)29-21(23)22-20(24)14-8-7-9-15(10-14)30(25,26)13(2)3/h7-13H,6H2,1-5H3. The topological polar surface area (TPSA) is 87.0 Å². The molecule has 1 aromatic heterocycles. The molecule has 0 atom stereocenters. The summed E-state index contributed by atoms with van der Waals surface area (Å²) in [5, 5.41) is -0.574. The zero-order valence-corrected chi connectivity index (χ0v) is 19.1.